The van der Waals surface area contributed by atoms with Gasteiger partial charge in [0.05, 0.1) is 11.4 Å². The van der Waals surface area contributed by atoms with Gasteiger partial charge in [-0.15, -0.1) is 0 Å². The van der Waals surface area contributed by atoms with Crippen molar-refractivity contribution in [1.29, 1.82) is 0 Å². The van der Waals surface area contributed by atoms with Gasteiger partial charge < -0.3 is 5.32 Å². The van der Waals surface area contributed by atoms with Crippen molar-refractivity contribution in [2.45, 2.75) is 6.54 Å². The van der Waals surface area contributed by atoms with E-state index in [2.05, 4.69) is 10.4 Å². The molecule has 0 aliphatic heterocycles. The van der Waals surface area contributed by atoms with Gasteiger partial charge in [-0.05, 0) is 24.3 Å². The van der Waals surface area contributed by atoms with Crippen molar-refractivity contribution in [3.63, 3.8) is 0 Å². The minimum atomic E-state index is -0.704. The van der Waals surface area contributed by atoms with E-state index in [0.717, 1.165) is 16.7 Å². The van der Waals surface area contributed by atoms with Gasteiger partial charge in [-0.2, -0.15) is 5.10 Å². The number of nitrogens with one attached hydrogen (secondary N) is 2. The fourth-order valence-electron chi connectivity index (χ4n) is 2.13. The third-order valence-corrected chi connectivity index (χ3v) is 3.19. The van der Waals surface area contributed by atoms with E-state index in [9.17, 15) is 18.8 Å². The number of aromatic amines is 1. The van der Waals surface area contributed by atoms with Gasteiger partial charge in [-0.1, -0.05) is 0 Å². The Morgan fingerprint density at radius 2 is 2.08 bits per heavy atom. The third-order valence-electron chi connectivity index (χ3n) is 3.19. The number of hydrogen-bond donors (Lipinski definition) is 2. The van der Waals surface area contributed by atoms with E-state index in [-0.39, 0.29) is 12.2 Å². The highest BCUT2D eigenvalue weighted by Crippen LogP contribution is 2.20. The molecule has 0 bridgehead atoms. The molecule has 0 unspecified atom stereocenters. The lowest BCUT2D eigenvalue weighted by atomic mass is 10.2. The van der Waals surface area contributed by atoms with Crippen LogP contribution in [0.4, 0.5) is 10.1 Å². The largest absolute Gasteiger partial charge is 0.328 e. The summed E-state index contributed by atoms with van der Waals surface area (Å²) in [7, 11) is 0. The number of carbonyl (C=O) groups is 1. The van der Waals surface area contributed by atoms with E-state index in [1.807, 2.05) is 4.98 Å². The van der Waals surface area contributed by atoms with Crippen LogP contribution in [-0.4, -0.2) is 25.2 Å². The van der Waals surface area contributed by atoms with Gasteiger partial charge >= 0.3 is 5.69 Å². The molecule has 0 aliphatic carbocycles. The smallest absolute Gasteiger partial charge is 0.323 e. The van der Waals surface area contributed by atoms with Crippen LogP contribution in [0.25, 0.3) is 5.69 Å². The molecule has 2 N–H and O–H groups in total. The fraction of sp³-hybridized carbons (Fsp3) is 0.0667. The van der Waals surface area contributed by atoms with Crippen molar-refractivity contribution >= 4 is 11.6 Å². The van der Waals surface area contributed by atoms with Gasteiger partial charge in [-0.25, -0.2) is 13.9 Å². The standard InChI is InChI=1S/C15H12FN5O3/c16-10-2-3-12(21-6-1-5-17-21)11(8-10)18-14(23)9-20-7-4-13(22)19-15(20)24/h1-8H,9H2,(H,18,23)(H,19,22,24). The Bertz CT molecular complexity index is 991. The average Bonchev–Trinajstić information content (AvgIpc) is 3.04. The number of hydrogen-bond acceptors (Lipinski definition) is 4. The van der Waals surface area contributed by atoms with Crippen molar-refractivity contribution in [3.8, 4) is 5.69 Å². The Hall–Kier alpha value is -3.49. The fourth-order valence-corrected chi connectivity index (χ4v) is 2.13. The summed E-state index contributed by atoms with van der Waals surface area (Å²) in [4.78, 5) is 36.8. The lowest BCUT2D eigenvalue weighted by Gasteiger charge is -2.12. The molecule has 9 heteroatoms. The summed E-state index contributed by atoms with van der Waals surface area (Å²) >= 11 is 0. The second-order valence-electron chi connectivity index (χ2n) is 4.90. The van der Waals surface area contributed by atoms with Crippen molar-refractivity contribution < 1.29 is 9.18 Å². The molecule has 0 saturated carbocycles. The first-order chi connectivity index (χ1) is 11.5. The summed E-state index contributed by atoms with van der Waals surface area (Å²) in [5.41, 5.74) is -0.573. The van der Waals surface area contributed by atoms with Gasteiger partial charge in [-0.3, -0.25) is 19.1 Å². The Balaban J connectivity index is 1.85. The van der Waals surface area contributed by atoms with Gasteiger partial charge in [0.2, 0.25) is 5.91 Å². The molecule has 0 radical (unpaired) electrons. The van der Waals surface area contributed by atoms with Crippen LogP contribution in [0.3, 0.4) is 0 Å². The molecule has 0 atom stereocenters. The zero-order chi connectivity index (χ0) is 17.1. The van der Waals surface area contributed by atoms with Crippen molar-refractivity contribution in [2.75, 3.05) is 5.32 Å². The van der Waals surface area contributed by atoms with Gasteiger partial charge in [0, 0.05) is 24.7 Å². The molecule has 1 aromatic carbocycles. The van der Waals surface area contributed by atoms with Crippen LogP contribution >= 0.6 is 0 Å². The molecule has 2 aromatic heterocycles. The van der Waals surface area contributed by atoms with Crippen LogP contribution in [0.5, 0.6) is 0 Å². The molecule has 8 nitrogen and oxygen atoms in total. The number of anilines is 1. The molecular formula is C15H12FN5O3. The average molecular weight is 329 g/mol. The zero-order valence-electron chi connectivity index (χ0n) is 12.3. The van der Waals surface area contributed by atoms with E-state index in [4.69, 9.17) is 0 Å². The SMILES string of the molecule is O=C(Cn1ccc(=O)[nH]c1=O)Nc1cc(F)ccc1-n1cccn1. The topological polar surface area (TPSA) is 102 Å². The molecule has 2 heterocycles. The predicted molar refractivity (Wildman–Crippen MR) is 83.5 cm³/mol. The summed E-state index contributed by atoms with van der Waals surface area (Å²) in [6.45, 7) is -0.329. The normalized spacial score (nSPS) is 10.5. The second kappa shape index (κ2) is 6.32. The highest BCUT2D eigenvalue weighted by atomic mass is 19.1. The van der Waals surface area contributed by atoms with E-state index >= 15 is 0 Å². The summed E-state index contributed by atoms with van der Waals surface area (Å²) in [5.74, 6) is -1.08. The van der Waals surface area contributed by atoms with Gasteiger partial charge in [0.15, 0.2) is 0 Å². The highest BCUT2D eigenvalue weighted by molar-refractivity contribution is 5.92. The van der Waals surface area contributed by atoms with Crippen LogP contribution in [0.1, 0.15) is 0 Å². The third kappa shape index (κ3) is 3.29. The Morgan fingerprint density at radius 3 is 2.79 bits per heavy atom. The Labute approximate surface area is 134 Å². The Morgan fingerprint density at radius 1 is 1.25 bits per heavy atom. The van der Waals surface area contributed by atoms with Crippen LogP contribution in [0.15, 0.2) is 58.5 Å². The molecular weight excluding hydrogens is 317 g/mol. The minimum Gasteiger partial charge on any atom is -0.323 e. The second-order valence-corrected chi connectivity index (χ2v) is 4.90. The first-order valence-electron chi connectivity index (χ1n) is 6.92. The number of halogens is 1. The van der Waals surface area contributed by atoms with Crippen molar-refractivity contribution in [2.24, 2.45) is 0 Å². The molecule has 24 heavy (non-hydrogen) atoms. The maximum Gasteiger partial charge on any atom is 0.328 e. The quantitative estimate of drug-likeness (QED) is 0.727. The number of benzene rings is 1. The van der Waals surface area contributed by atoms with E-state index in [1.54, 1.807) is 18.5 Å². The lowest BCUT2D eigenvalue weighted by Crippen LogP contribution is -2.32. The van der Waals surface area contributed by atoms with Crippen molar-refractivity contribution in [3.05, 3.63) is 75.6 Å². The predicted octanol–water partition coefficient (Wildman–Crippen LogP) is 0.500. The highest BCUT2D eigenvalue weighted by Gasteiger charge is 2.11. The van der Waals surface area contributed by atoms with Crippen LogP contribution in [0, 0.1) is 5.82 Å². The lowest BCUT2D eigenvalue weighted by molar-refractivity contribution is -0.116. The summed E-state index contributed by atoms with van der Waals surface area (Å²) in [6.07, 6.45) is 4.41. The number of carbonyl (C=O) groups excluding carboxylic acids is 1. The molecule has 1 amide bonds. The first-order valence-corrected chi connectivity index (χ1v) is 6.92. The number of amides is 1. The van der Waals surface area contributed by atoms with E-state index in [1.165, 1.54) is 23.0 Å². The molecule has 122 valence electrons. The van der Waals surface area contributed by atoms with E-state index < -0.39 is 23.0 Å². The molecule has 0 aliphatic rings. The van der Waals surface area contributed by atoms with Gasteiger partial charge in [0.1, 0.15) is 12.4 Å². The monoisotopic (exact) mass is 329 g/mol. The zero-order valence-corrected chi connectivity index (χ0v) is 12.3. The maximum absolute atomic E-state index is 13.5. The van der Waals surface area contributed by atoms with E-state index in [0.29, 0.717) is 5.69 Å². The number of rotatable bonds is 4. The molecule has 0 saturated heterocycles. The van der Waals surface area contributed by atoms with Crippen LogP contribution < -0.4 is 16.6 Å². The maximum atomic E-state index is 13.5. The number of H-pyrrole nitrogens is 1. The first kappa shape index (κ1) is 15.4. The molecule has 3 rings (SSSR count). The van der Waals surface area contributed by atoms with Crippen LogP contribution in [0.2, 0.25) is 0 Å². The molecule has 0 fully saturated rings. The summed E-state index contributed by atoms with van der Waals surface area (Å²) in [5, 5.41) is 6.58. The number of aromatic nitrogens is 4. The summed E-state index contributed by atoms with van der Waals surface area (Å²) < 4.78 is 16.0. The number of nitrogens with zero attached hydrogens (tertiary/aromatic N) is 3. The van der Waals surface area contributed by atoms with Gasteiger partial charge in [0.25, 0.3) is 5.56 Å². The summed E-state index contributed by atoms with van der Waals surface area (Å²) in [6, 6.07) is 6.70. The Kier molecular flexibility index (Phi) is 4.06. The molecule has 0 spiro atoms. The minimum absolute atomic E-state index is 0.209. The van der Waals surface area contributed by atoms with Crippen molar-refractivity contribution in [1.82, 2.24) is 19.3 Å². The van der Waals surface area contributed by atoms with Crippen LogP contribution in [-0.2, 0) is 11.3 Å². The molecule has 3 aromatic rings.